The summed E-state index contributed by atoms with van der Waals surface area (Å²) >= 11 is 3.46. The van der Waals surface area contributed by atoms with Crippen molar-refractivity contribution >= 4 is 21.8 Å². The molecule has 110 valence electrons. The highest BCUT2D eigenvalue weighted by Crippen LogP contribution is 2.24. The molecule has 1 aliphatic carbocycles. The van der Waals surface area contributed by atoms with Crippen LogP contribution in [-0.2, 0) is 4.79 Å². The minimum Gasteiger partial charge on any atom is -0.349 e. The first-order valence-electron chi connectivity index (χ1n) is 7.39. The summed E-state index contributed by atoms with van der Waals surface area (Å²) in [7, 11) is 0. The van der Waals surface area contributed by atoms with Crippen LogP contribution in [0, 0.1) is 5.92 Å². The number of amides is 1. The number of nitrogens with one attached hydrogen (secondary N) is 1. The highest BCUT2D eigenvalue weighted by molar-refractivity contribution is 9.10. The monoisotopic (exact) mass is 338 g/mol. The third-order valence-electron chi connectivity index (χ3n) is 4.11. The normalized spacial score (nSPS) is 24.8. The zero-order valence-corrected chi connectivity index (χ0v) is 13.5. The standard InChI is InChI=1S/C16H23BrN2O/c1-11(12-6-5-7-13(17)10-12)19-16(20)14-8-3-2-4-9-15(14)18/h5-7,10-11,14-15H,2-4,8-9,18H2,1H3,(H,19,20). The number of hydrogen-bond acceptors (Lipinski definition) is 2. The Balaban J connectivity index is 1.99. The van der Waals surface area contributed by atoms with Crippen molar-refractivity contribution in [1.82, 2.24) is 5.32 Å². The first-order chi connectivity index (χ1) is 9.58. The lowest BCUT2D eigenvalue weighted by Crippen LogP contribution is -2.42. The summed E-state index contributed by atoms with van der Waals surface area (Å²) in [5.41, 5.74) is 7.26. The Kier molecular flexibility index (Phi) is 5.61. The van der Waals surface area contributed by atoms with E-state index in [1.165, 1.54) is 6.42 Å². The van der Waals surface area contributed by atoms with Crippen molar-refractivity contribution in [1.29, 1.82) is 0 Å². The van der Waals surface area contributed by atoms with Gasteiger partial charge < -0.3 is 11.1 Å². The molecule has 3 N–H and O–H groups in total. The lowest BCUT2D eigenvalue weighted by Gasteiger charge is -2.23. The van der Waals surface area contributed by atoms with E-state index in [1.807, 2.05) is 31.2 Å². The third kappa shape index (κ3) is 4.06. The highest BCUT2D eigenvalue weighted by atomic mass is 79.9. The van der Waals surface area contributed by atoms with E-state index in [0.29, 0.717) is 0 Å². The molecular formula is C16H23BrN2O. The molecule has 3 atom stereocenters. The van der Waals surface area contributed by atoms with Crippen LogP contribution in [0.2, 0.25) is 0 Å². The van der Waals surface area contributed by atoms with Gasteiger partial charge in [-0.05, 0) is 37.5 Å². The van der Waals surface area contributed by atoms with Crippen LogP contribution in [0.1, 0.15) is 50.6 Å². The van der Waals surface area contributed by atoms with Crippen molar-refractivity contribution < 1.29 is 4.79 Å². The van der Waals surface area contributed by atoms with Gasteiger partial charge in [0.15, 0.2) is 0 Å². The molecule has 3 nitrogen and oxygen atoms in total. The molecule has 0 radical (unpaired) electrons. The second-order valence-electron chi connectivity index (χ2n) is 5.69. The molecule has 0 heterocycles. The molecule has 1 aromatic carbocycles. The summed E-state index contributed by atoms with van der Waals surface area (Å²) in [5.74, 6) is 0.0685. The third-order valence-corrected chi connectivity index (χ3v) is 4.61. The summed E-state index contributed by atoms with van der Waals surface area (Å²) in [6.45, 7) is 2.02. The summed E-state index contributed by atoms with van der Waals surface area (Å²) in [6, 6.07) is 8.06. The second kappa shape index (κ2) is 7.23. The van der Waals surface area contributed by atoms with Gasteiger partial charge in [0.1, 0.15) is 0 Å². The number of nitrogens with two attached hydrogens (primary N) is 1. The van der Waals surface area contributed by atoms with Crippen molar-refractivity contribution in [2.75, 3.05) is 0 Å². The van der Waals surface area contributed by atoms with E-state index in [2.05, 4.69) is 21.2 Å². The molecule has 0 aliphatic heterocycles. The molecule has 20 heavy (non-hydrogen) atoms. The molecule has 1 saturated carbocycles. The largest absolute Gasteiger partial charge is 0.349 e. The average molecular weight is 339 g/mol. The van der Waals surface area contributed by atoms with Crippen LogP contribution >= 0.6 is 15.9 Å². The zero-order chi connectivity index (χ0) is 14.5. The summed E-state index contributed by atoms with van der Waals surface area (Å²) in [5, 5.41) is 3.11. The van der Waals surface area contributed by atoms with Crippen molar-refractivity contribution in [3.63, 3.8) is 0 Å². The smallest absolute Gasteiger partial charge is 0.225 e. The van der Waals surface area contributed by atoms with Crippen LogP contribution in [-0.4, -0.2) is 11.9 Å². The van der Waals surface area contributed by atoms with Gasteiger partial charge in [-0.1, -0.05) is 47.3 Å². The Hall–Kier alpha value is -0.870. The number of hydrogen-bond donors (Lipinski definition) is 2. The van der Waals surface area contributed by atoms with Crippen LogP contribution in [0.5, 0.6) is 0 Å². The fourth-order valence-electron chi connectivity index (χ4n) is 2.84. The van der Waals surface area contributed by atoms with Crippen LogP contribution in [0.15, 0.2) is 28.7 Å². The molecule has 0 aromatic heterocycles. The van der Waals surface area contributed by atoms with Gasteiger partial charge in [-0.2, -0.15) is 0 Å². The van der Waals surface area contributed by atoms with Gasteiger partial charge in [0.05, 0.1) is 12.0 Å². The Bertz CT molecular complexity index is 464. The van der Waals surface area contributed by atoms with Crippen LogP contribution in [0.4, 0.5) is 0 Å². The quantitative estimate of drug-likeness (QED) is 0.828. The van der Waals surface area contributed by atoms with Gasteiger partial charge in [0, 0.05) is 10.5 Å². The fourth-order valence-corrected chi connectivity index (χ4v) is 3.26. The Morgan fingerprint density at radius 2 is 2.10 bits per heavy atom. The van der Waals surface area contributed by atoms with Crippen LogP contribution in [0.3, 0.4) is 0 Å². The van der Waals surface area contributed by atoms with Crippen LogP contribution < -0.4 is 11.1 Å². The lowest BCUT2D eigenvalue weighted by molar-refractivity contribution is -0.126. The van der Waals surface area contributed by atoms with E-state index in [-0.39, 0.29) is 23.9 Å². The molecule has 4 heteroatoms. The number of carbonyl (C=O) groups is 1. The molecule has 1 aliphatic rings. The average Bonchev–Trinajstić information content (AvgIpc) is 2.63. The minimum absolute atomic E-state index is 0.00668. The van der Waals surface area contributed by atoms with E-state index < -0.39 is 0 Å². The SMILES string of the molecule is CC(NC(=O)C1CCCCCC1N)c1cccc(Br)c1. The van der Waals surface area contributed by atoms with Crippen molar-refractivity contribution in [2.45, 2.75) is 51.1 Å². The van der Waals surface area contributed by atoms with E-state index in [4.69, 9.17) is 5.73 Å². The molecule has 0 saturated heterocycles. The van der Waals surface area contributed by atoms with Crippen molar-refractivity contribution in [2.24, 2.45) is 11.7 Å². The summed E-state index contributed by atoms with van der Waals surface area (Å²) in [6.07, 6.45) is 5.32. The molecule has 1 amide bonds. The van der Waals surface area contributed by atoms with Gasteiger partial charge >= 0.3 is 0 Å². The fraction of sp³-hybridized carbons (Fsp3) is 0.562. The topological polar surface area (TPSA) is 55.1 Å². The molecule has 1 aromatic rings. The number of benzene rings is 1. The Labute approximate surface area is 129 Å². The second-order valence-corrected chi connectivity index (χ2v) is 6.61. The minimum atomic E-state index is -0.0351. The molecule has 3 unspecified atom stereocenters. The lowest BCUT2D eigenvalue weighted by atomic mass is 9.94. The number of rotatable bonds is 3. The number of halogens is 1. The van der Waals surface area contributed by atoms with E-state index in [0.717, 1.165) is 35.7 Å². The Morgan fingerprint density at radius 3 is 2.85 bits per heavy atom. The highest BCUT2D eigenvalue weighted by Gasteiger charge is 2.27. The first kappa shape index (κ1) is 15.5. The molecule has 2 rings (SSSR count). The van der Waals surface area contributed by atoms with Gasteiger partial charge in [0.2, 0.25) is 5.91 Å². The van der Waals surface area contributed by atoms with Crippen molar-refractivity contribution in [3.8, 4) is 0 Å². The maximum Gasteiger partial charge on any atom is 0.225 e. The summed E-state index contributed by atoms with van der Waals surface area (Å²) < 4.78 is 1.03. The predicted molar refractivity (Wildman–Crippen MR) is 85.3 cm³/mol. The molecular weight excluding hydrogens is 316 g/mol. The van der Waals surface area contributed by atoms with Gasteiger partial charge in [-0.3, -0.25) is 4.79 Å². The van der Waals surface area contributed by atoms with Crippen LogP contribution in [0.25, 0.3) is 0 Å². The molecule has 0 spiro atoms. The predicted octanol–water partition coefficient (Wildman–Crippen LogP) is 3.53. The van der Waals surface area contributed by atoms with Gasteiger partial charge in [0.25, 0.3) is 0 Å². The van der Waals surface area contributed by atoms with Gasteiger partial charge in [-0.25, -0.2) is 0 Å². The van der Waals surface area contributed by atoms with Crippen molar-refractivity contribution in [3.05, 3.63) is 34.3 Å². The summed E-state index contributed by atoms with van der Waals surface area (Å²) in [4.78, 5) is 12.4. The first-order valence-corrected chi connectivity index (χ1v) is 8.18. The van der Waals surface area contributed by atoms with E-state index in [1.54, 1.807) is 0 Å². The Morgan fingerprint density at radius 1 is 1.35 bits per heavy atom. The van der Waals surface area contributed by atoms with E-state index in [9.17, 15) is 4.79 Å². The zero-order valence-electron chi connectivity index (χ0n) is 11.9. The maximum absolute atomic E-state index is 12.4. The molecule has 0 bridgehead atoms. The number of carbonyl (C=O) groups excluding carboxylic acids is 1. The van der Waals surface area contributed by atoms with Gasteiger partial charge in [-0.15, -0.1) is 0 Å². The van der Waals surface area contributed by atoms with E-state index >= 15 is 0 Å². The molecule has 1 fully saturated rings. The maximum atomic E-state index is 12.4.